The van der Waals surface area contributed by atoms with Gasteiger partial charge in [-0.3, -0.25) is 9.58 Å². The molecule has 3 aromatic heterocycles. The van der Waals surface area contributed by atoms with Crippen LogP contribution in [-0.4, -0.2) is 74.9 Å². The number of benzene rings is 1. The molecule has 10 nitrogen and oxygen atoms in total. The summed E-state index contributed by atoms with van der Waals surface area (Å²) in [6, 6.07) is 6.24. The van der Waals surface area contributed by atoms with Crippen molar-refractivity contribution in [2.24, 2.45) is 7.05 Å². The second-order valence-corrected chi connectivity index (χ2v) is 10.9. The van der Waals surface area contributed by atoms with Crippen LogP contribution in [0.4, 0.5) is 10.5 Å². The second kappa shape index (κ2) is 9.68. The molecule has 0 radical (unpaired) electrons. The number of ether oxygens (including phenoxy) is 2. The van der Waals surface area contributed by atoms with Gasteiger partial charge in [0.25, 0.3) is 0 Å². The van der Waals surface area contributed by atoms with Gasteiger partial charge in [-0.15, -0.1) is 0 Å². The largest absolute Gasteiger partial charge is 0.466 e. The summed E-state index contributed by atoms with van der Waals surface area (Å²) >= 11 is 0. The lowest BCUT2D eigenvalue weighted by atomic mass is 9.99. The zero-order valence-corrected chi connectivity index (χ0v) is 23.0. The van der Waals surface area contributed by atoms with E-state index in [0.29, 0.717) is 30.4 Å². The SMILES string of the molecule is COCOc1c(-c2cc(C3CC3)c3cc(N4C[C@@H](C)N(C(=O)O)[C@@H](C)C4)cnc3n2)cc2cn(C)nc2c1C. The first kappa shape index (κ1) is 25.4. The number of methoxy groups -OCH3 is 1. The number of rotatable bonds is 6. The van der Waals surface area contributed by atoms with Crippen molar-refractivity contribution < 1.29 is 19.4 Å². The average molecular weight is 531 g/mol. The molecular formula is C29H34N6O4. The minimum absolute atomic E-state index is 0.110. The highest BCUT2D eigenvalue weighted by molar-refractivity contribution is 5.93. The summed E-state index contributed by atoms with van der Waals surface area (Å²) in [5.41, 5.74) is 6.50. The fraction of sp³-hybridized carbons (Fsp3) is 0.448. The van der Waals surface area contributed by atoms with E-state index in [1.165, 1.54) is 5.56 Å². The van der Waals surface area contributed by atoms with Crippen LogP contribution in [0.2, 0.25) is 0 Å². The molecule has 4 heterocycles. The van der Waals surface area contributed by atoms with E-state index in [0.717, 1.165) is 51.6 Å². The van der Waals surface area contributed by atoms with Crippen molar-refractivity contribution in [3.8, 4) is 17.0 Å². The van der Waals surface area contributed by atoms with E-state index in [1.807, 2.05) is 44.9 Å². The van der Waals surface area contributed by atoms with E-state index in [-0.39, 0.29) is 18.9 Å². The number of nitrogens with zero attached hydrogens (tertiary/aromatic N) is 6. The van der Waals surface area contributed by atoms with Gasteiger partial charge in [0.1, 0.15) is 5.75 Å². The maximum Gasteiger partial charge on any atom is 0.407 e. The summed E-state index contributed by atoms with van der Waals surface area (Å²) in [7, 11) is 3.52. The van der Waals surface area contributed by atoms with Crippen LogP contribution in [0.25, 0.3) is 33.2 Å². The Morgan fingerprint density at radius 1 is 1.15 bits per heavy atom. The molecule has 1 saturated heterocycles. The van der Waals surface area contributed by atoms with Gasteiger partial charge in [0, 0.05) is 55.3 Å². The number of hydrogen-bond acceptors (Lipinski definition) is 7. The van der Waals surface area contributed by atoms with E-state index in [9.17, 15) is 9.90 Å². The number of hydrogen-bond donors (Lipinski definition) is 1. The molecule has 6 rings (SSSR count). The van der Waals surface area contributed by atoms with Gasteiger partial charge in [-0.1, -0.05) is 0 Å². The van der Waals surface area contributed by atoms with Crippen molar-refractivity contribution in [1.82, 2.24) is 24.6 Å². The van der Waals surface area contributed by atoms with Gasteiger partial charge >= 0.3 is 6.09 Å². The Balaban J connectivity index is 1.45. The number of pyridine rings is 2. The molecule has 10 heteroatoms. The molecule has 1 N–H and O–H groups in total. The third-order valence-corrected chi connectivity index (χ3v) is 7.90. The quantitative estimate of drug-likeness (QED) is 0.350. The number of piperazine rings is 1. The first-order valence-electron chi connectivity index (χ1n) is 13.4. The van der Waals surface area contributed by atoms with Gasteiger partial charge in [0.15, 0.2) is 12.4 Å². The Kier molecular flexibility index (Phi) is 6.29. The number of carboxylic acid groups (broad SMARTS) is 1. The molecule has 4 aromatic rings. The van der Waals surface area contributed by atoms with E-state index in [4.69, 9.17) is 19.4 Å². The molecule has 1 aromatic carbocycles. The van der Waals surface area contributed by atoms with E-state index >= 15 is 0 Å². The van der Waals surface area contributed by atoms with Gasteiger partial charge in [-0.05, 0) is 63.3 Å². The molecule has 39 heavy (non-hydrogen) atoms. The zero-order valence-electron chi connectivity index (χ0n) is 23.0. The minimum atomic E-state index is -0.868. The van der Waals surface area contributed by atoms with E-state index in [2.05, 4.69) is 28.2 Å². The van der Waals surface area contributed by atoms with Crippen LogP contribution in [0.5, 0.6) is 5.75 Å². The number of aryl methyl sites for hydroxylation is 2. The maximum absolute atomic E-state index is 11.7. The monoisotopic (exact) mass is 530 g/mol. The van der Waals surface area contributed by atoms with Crippen molar-refractivity contribution in [1.29, 1.82) is 0 Å². The molecule has 2 aliphatic rings. The van der Waals surface area contributed by atoms with Crippen molar-refractivity contribution in [3.63, 3.8) is 0 Å². The Morgan fingerprint density at radius 3 is 2.56 bits per heavy atom. The summed E-state index contributed by atoms with van der Waals surface area (Å²) in [6.45, 7) is 7.31. The molecule has 0 spiro atoms. The summed E-state index contributed by atoms with van der Waals surface area (Å²) in [4.78, 5) is 25.4. The standard InChI is InChI=1S/C29H34N6O4/c1-16-12-34(13-17(2)35(16)29(36)37)21-9-23-22(19-6-7-19)10-25(31-28(23)30-11-21)24-8-20-14-33(4)32-26(20)18(3)27(24)39-15-38-5/h8-11,14,16-17,19H,6-7,12-13,15H2,1-5H3,(H,36,37)/t16-,17+. The molecule has 1 aliphatic heterocycles. The predicted molar refractivity (Wildman–Crippen MR) is 149 cm³/mol. The van der Waals surface area contributed by atoms with Crippen LogP contribution < -0.4 is 9.64 Å². The van der Waals surface area contributed by atoms with Crippen molar-refractivity contribution in [2.75, 3.05) is 31.9 Å². The number of carbonyl (C=O) groups is 1. The highest BCUT2D eigenvalue weighted by atomic mass is 16.7. The van der Waals surface area contributed by atoms with Crippen LogP contribution in [0.1, 0.15) is 43.7 Å². The van der Waals surface area contributed by atoms with Gasteiger partial charge in [0.2, 0.25) is 0 Å². The Bertz CT molecular complexity index is 1570. The summed E-state index contributed by atoms with van der Waals surface area (Å²) in [5.74, 6) is 1.19. The third kappa shape index (κ3) is 4.52. The number of anilines is 1. The Labute approximate surface area is 227 Å². The molecule has 2 fully saturated rings. The molecule has 204 valence electrons. The molecule has 1 saturated carbocycles. The first-order valence-corrected chi connectivity index (χ1v) is 13.4. The molecule has 2 atom stereocenters. The number of fused-ring (bicyclic) bond motifs is 2. The van der Waals surface area contributed by atoms with Gasteiger partial charge in [-0.25, -0.2) is 14.8 Å². The third-order valence-electron chi connectivity index (χ3n) is 7.90. The molecular weight excluding hydrogens is 496 g/mol. The normalized spacial score (nSPS) is 19.7. The smallest absolute Gasteiger partial charge is 0.407 e. The van der Waals surface area contributed by atoms with E-state index in [1.54, 1.807) is 12.0 Å². The average Bonchev–Trinajstić information content (AvgIpc) is 3.67. The van der Waals surface area contributed by atoms with Gasteiger partial charge in [-0.2, -0.15) is 5.10 Å². The summed E-state index contributed by atoms with van der Waals surface area (Å²) in [5, 5.41) is 16.3. The van der Waals surface area contributed by atoms with Gasteiger partial charge < -0.3 is 19.5 Å². The van der Waals surface area contributed by atoms with Gasteiger partial charge in [0.05, 0.1) is 35.2 Å². The lowest BCUT2D eigenvalue weighted by molar-refractivity contribution is 0.0511. The van der Waals surface area contributed by atoms with Crippen molar-refractivity contribution in [2.45, 2.75) is 51.6 Å². The highest BCUT2D eigenvalue weighted by Crippen LogP contribution is 2.46. The Hall–Kier alpha value is -3.92. The lowest BCUT2D eigenvalue weighted by Gasteiger charge is -2.43. The van der Waals surface area contributed by atoms with Crippen LogP contribution in [0.15, 0.2) is 30.6 Å². The predicted octanol–water partition coefficient (Wildman–Crippen LogP) is 4.93. The summed E-state index contributed by atoms with van der Waals surface area (Å²) in [6.07, 6.45) is 5.28. The molecule has 1 amide bonds. The van der Waals surface area contributed by atoms with Crippen molar-refractivity contribution in [3.05, 3.63) is 41.7 Å². The Morgan fingerprint density at radius 2 is 1.90 bits per heavy atom. The zero-order chi connectivity index (χ0) is 27.4. The van der Waals surface area contributed by atoms with Crippen LogP contribution in [-0.2, 0) is 11.8 Å². The fourth-order valence-corrected chi connectivity index (χ4v) is 6.00. The molecule has 0 unspecified atom stereocenters. The fourth-order valence-electron chi connectivity index (χ4n) is 6.00. The first-order chi connectivity index (χ1) is 18.7. The van der Waals surface area contributed by atoms with E-state index < -0.39 is 6.09 Å². The number of amides is 1. The molecule has 0 bridgehead atoms. The summed E-state index contributed by atoms with van der Waals surface area (Å²) < 4.78 is 13.1. The second-order valence-electron chi connectivity index (χ2n) is 10.9. The lowest BCUT2D eigenvalue weighted by Crippen LogP contribution is -2.58. The minimum Gasteiger partial charge on any atom is -0.466 e. The topological polar surface area (TPSA) is 106 Å². The van der Waals surface area contributed by atoms with Crippen LogP contribution >= 0.6 is 0 Å². The molecule has 1 aliphatic carbocycles. The van der Waals surface area contributed by atoms with Crippen LogP contribution in [0.3, 0.4) is 0 Å². The number of aromatic nitrogens is 4. The van der Waals surface area contributed by atoms with Crippen LogP contribution in [0, 0.1) is 6.92 Å². The highest BCUT2D eigenvalue weighted by Gasteiger charge is 2.34. The van der Waals surface area contributed by atoms with Crippen molar-refractivity contribution >= 4 is 33.7 Å². The maximum atomic E-state index is 11.7.